The zero-order chi connectivity index (χ0) is 15.5. The highest BCUT2D eigenvalue weighted by atomic mass is 16.5. The fraction of sp³-hybridized carbons (Fsp3) is 0.875. The van der Waals surface area contributed by atoms with Crippen LogP contribution in [0.2, 0.25) is 0 Å². The summed E-state index contributed by atoms with van der Waals surface area (Å²) in [5.41, 5.74) is -0.617. The predicted octanol–water partition coefficient (Wildman–Crippen LogP) is 1.71. The second kappa shape index (κ2) is 6.77. The average molecular weight is 296 g/mol. The molecule has 2 fully saturated rings. The lowest BCUT2D eigenvalue weighted by Crippen LogP contribution is -2.70. The van der Waals surface area contributed by atoms with Gasteiger partial charge in [-0.15, -0.1) is 0 Å². The standard InChI is InChI=1S/C16H28N2O3/c1-4-12(2)13-14(19)17-16(8-5-6-9-16)15(20)18(13)10-7-11-21-3/h12-13H,4-11H2,1-3H3,(H,17,19). The molecule has 5 nitrogen and oxygen atoms in total. The van der Waals surface area contributed by atoms with Crippen molar-refractivity contribution in [3.8, 4) is 0 Å². The van der Waals surface area contributed by atoms with Gasteiger partial charge in [-0.2, -0.15) is 0 Å². The Morgan fingerprint density at radius 2 is 2.05 bits per heavy atom. The third-order valence-corrected chi connectivity index (χ3v) is 5.02. The molecule has 1 aliphatic heterocycles. The van der Waals surface area contributed by atoms with Crippen molar-refractivity contribution < 1.29 is 14.3 Å². The highest BCUT2D eigenvalue weighted by Gasteiger charge is 2.52. The molecule has 0 aromatic heterocycles. The minimum absolute atomic E-state index is 0.0308. The monoisotopic (exact) mass is 296 g/mol. The van der Waals surface area contributed by atoms with Crippen molar-refractivity contribution in [1.29, 1.82) is 0 Å². The first-order valence-corrected chi connectivity index (χ1v) is 8.18. The number of nitrogens with zero attached hydrogens (tertiary/aromatic N) is 1. The number of hydrogen-bond acceptors (Lipinski definition) is 3. The van der Waals surface area contributed by atoms with Crippen LogP contribution in [0.1, 0.15) is 52.4 Å². The smallest absolute Gasteiger partial charge is 0.249 e. The Labute approximate surface area is 127 Å². The normalized spacial score (nSPS) is 26.2. The molecule has 21 heavy (non-hydrogen) atoms. The van der Waals surface area contributed by atoms with Crippen LogP contribution in [0.5, 0.6) is 0 Å². The molecule has 120 valence electrons. The van der Waals surface area contributed by atoms with Crippen LogP contribution in [0.25, 0.3) is 0 Å². The fourth-order valence-corrected chi connectivity index (χ4v) is 3.63. The SMILES string of the molecule is CCC(C)C1C(=O)NC2(CCCC2)C(=O)N1CCCOC. The van der Waals surface area contributed by atoms with Gasteiger partial charge in [-0.3, -0.25) is 9.59 Å². The van der Waals surface area contributed by atoms with Gasteiger partial charge in [0.1, 0.15) is 11.6 Å². The van der Waals surface area contributed by atoms with E-state index in [2.05, 4.69) is 12.2 Å². The fourth-order valence-electron chi connectivity index (χ4n) is 3.63. The van der Waals surface area contributed by atoms with E-state index < -0.39 is 5.54 Å². The first-order chi connectivity index (χ1) is 10.1. The summed E-state index contributed by atoms with van der Waals surface area (Å²) in [5, 5.41) is 3.07. The molecule has 0 aromatic rings. The molecule has 2 amide bonds. The van der Waals surface area contributed by atoms with Crippen LogP contribution in [-0.4, -0.2) is 48.6 Å². The minimum atomic E-state index is -0.617. The number of nitrogens with one attached hydrogen (secondary N) is 1. The van der Waals surface area contributed by atoms with Gasteiger partial charge in [-0.25, -0.2) is 0 Å². The van der Waals surface area contributed by atoms with Crippen molar-refractivity contribution in [2.24, 2.45) is 5.92 Å². The second-order valence-electron chi connectivity index (χ2n) is 6.45. The van der Waals surface area contributed by atoms with Gasteiger partial charge in [0.2, 0.25) is 11.8 Å². The molecule has 2 unspecified atom stereocenters. The molecule has 0 bridgehead atoms. The molecule has 1 aliphatic carbocycles. The molecular formula is C16H28N2O3. The van der Waals surface area contributed by atoms with Crippen LogP contribution in [0.15, 0.2) is 0 Å². The lowest BCUT2D eigenvalue weighted by molar-refractivity contribution is -0.157. The molecule has 1 spiro atoms. The Hall–Kier alpha value is -1.10. The zero-order valence-electron chi connectivity index (χ0n) is 13.5. The molecular weight excluding hydrogens is 268 g/mol. The molecule has 1 saturated carbocycles. The van der Waals surface area contributed by atoms with E-state index in [0.29, 0.717) is 13.2 Å². The van der Waals surface area contributed by atoms with Crippen molar-refractivity contribution in [3.05, 3.63) is 0 Å². The Morgan fingerprint density at radius 3 is 2.62 bits per heavy atom. The number of carbonyl (C=O) groups is 2. The maximum atomic E-state index is 13.0. The van der Waals surface area contributed by atoms with Gasteiger partial charge in [0.25, 0.3) is 0 Å². The van der Waals surface area contributed by atoms with E-state index in [-0.39, 0.29) is 23.8 Å². The van der Waals surface area contributed by atoms with Crippen molar-refractivity contribution in [1.82, 2.24) is 10.2 Å². The first-order valence-electron chi connectivity index (χ1n) is 8.18. The number of amides is 2. The largest absolute Gasteiger partial charge is 0.385 e. The maximum Gasteiger partial charge on any atom is 0.249 e. The highest BCUT2D eigenvalue weighted by Crippen LogP contribution is 2.36. The summed E-state index contributed by atoms with van der Waals surface area (Å²) in [6.07, 6.45) is 5.27. The molecule has 0 aromatic carbocycles. The Balaban J connectivity index is 2.21. The summed E-state index contributed by atoms with van der Waals surface area (Å²) in [4.78, 5) is 27.4. The molecule has 1 heterocycles. The number of rotatable bonds is 6. The Morgan fingerprint density at radius 1 is 1.38 bits per heavy atom. The van der Waals surface area contributed by atoms with E-state index >= 15 is 0 Å². The van der Waals surface area contributed by atoms with Gasteiger partial charge in [-0.1, -0.05) is 33.1 Å². The van der Waals surface area contributed by atoms with E-state index in [1.165, 1.54) is 0 Å². The van der Waals surface area contributed by atoms with E-state index in [0.717, 1.165) is 38.5 Å². The first kappa shape index (κ1) is 16.3. The van der Waals surface area contributed by atoms with Gasteiger partial charge >= 0.3 is 0 Å². The summed E-state index contributed by atoms with van der Waals surface area (Å²) >= 11 is 0. The Kier molecular flexibility index (Phi) is 5.25. The molecule has 0 radical (unpaired) electrons. The third-order valence-electron chi connectivity index (χ3n) is 5.02. The molecule has 2 rings (SSSR count). The van der Waals surface area contributed by atoms with Crippen molar-refractivity contribution in [2.75, 3.05) is 20.3 Å². The molecule has 2 atom stereocenters. The maximum absolute atomic E-state index is 13.0. The third kappa shape index (κ3) is 3.07. The molecule has 2 aliphatic rings. The minimum Gasteiger partial charge on any atom is -0.385 e. The number of carbonyl (C=O) groups excluding carboxylic acids is 2. The van der Waals surface area contributed by atoms with Gasteiger partial charge in [-0.05, 0) is 25.2 Å². The molecule has 1 N–H and O–H groups in total. The summed E-state index contributed by atoms with van der Waals surface area (Å²) in [5.74, 6) is 0.333. The van der Waals surface area contributed by atoms with E-state index in [1.54, 1.807) is 7.11 Å². The van der Waals surface area contributed by atoms with E-state index in [1.807, 2.05) is 11.8 Å². The quantitative estimate of drug-likeness (QED) is 0.759. The van der Waals surface area contributed by atoms with Crippen LogP contribution >= 0.6 is 0 Å². The lowest BCUT2D eigenvalue weighted by atomic mass is 9.86. The van der Waals surface area contributed by atoms with Gasteiger partial charge in [0, 0.05) is 20.3 Å². The van der Waals surface area contributed by atoms with Crippen LogP contribution in [0, 0.1) is 5.92 Å². The number of hydrogen-bond donors (Lipinski definition) is 1. The zero-order valence-corrected chi connectivity index (χ0v) is 13.5. The van der Waals surface area contributed by atoms with E-state index in [9.17, 15) is 9.59 Å². The van der Waals surface area contributed by atoms with Gasteiger partial charge < -0.3 is 15.0 Å². The molecule has 5 heteroatoms. The lowest BCUT2D eigenvalue weighted by Gasteiger charge is -2.46. The second-order valence-corrected chi connectivity index (χ2v) is 6.45. The summed E-state index contributed by atoms with van der Waals surface area (Å²) in [7, 11) is 1.66. The Bertz CT molecular complexity index is 391. The summed E-state index contributed by atoms with van der Waals surface area (Å²) < 4.78 is 5.10. The predicted molar refractivity (Wildman–Crippen MR) is 80.8 cm³/mol. The topological polar surface area (TPSA) is 58.6 Å². The van der Waals surface area contributed by atoms with Crippen molar-refractivity contribution in [2.45, 2.75) is 64.0 Å². The summed E-state index contributed by atoms with van der Waals surface area (Å²) in [6, 6.07) is -0.328. The number of ether oxygens (including phenoxy) is 1. The van der Waals surface area contributed by atoms with E-state index in [4.69, 9.17) is 4.74 Å². The van der Waals surface area contributed by atoms with Crippen molar-refractivity contribution >= 4 is 11.8 Å². The highest BCUT2D eigenvalue weighted by molar-refractivity contribution is 6.00. The average Bonchev–Trinajstić information content (AvgIpc) is 2.93. The van der Waals surface area contributed by atoms with Crippen LogP contribution in [0.3, 0.4) is 0 Å². The van der Waals surface area contributed by atoms with Crippen LogP contribution < -0.4 is 5.32 Å². The number of methoxy groups -OCH3 is 1. The summed E-state index contributed by atoms with van der Waals surface area (Å²) in [6.45, 7) is 5.34. The van der Waals surface area contributed by atoms with Crippen LogP contribution in [-0.2, 0) is 14.3 Å². The van der Waals surface area contributed by atoms with Gasteiger partial charge in [0.05, 0.1) is 0 Å². The number of piperazine rings is 1. The molecule has 1 saturated heterocycles. The van der Waals surface area contributed by atoms with Crippen molar-refractivity contribution in [3.63, 3.8) is 0 Å². The van der Waals surface area contributed by atoms with Gasteiger partial charge in [0.15, 0.2) is 0 Å². The van der Waals surface area contributed by atoms with Crippen LogP contribution in [0.4, 0.5) is 0 Å².